The highest BCUT2D eigenvalue weighted by molar-refractivity contribution is 7.91. The Morgan fingerprint density at radius 2 is 1.89 bits per heavy atom. The van der Waals surface area contributed by atoms with Crippen molar-refractivity contribution in [2.45, 2.75) is 18.4 Å². The molecule has 2 aromatic heterocycles. The Bertz CT molecular complexity index is 1520. The summed E-state index contributed by atoms with van der Waals surface area (Å²) in [4.78, 5) is 17.9. The van der Waals surface area contributed by atoms with Gasteiger partial charge in [-0.3, -0.25) is 15.1 Å². The maximum atomic E-state index is 13.1. The van der Waals surface area contributed by atoms with Crippen molar-refractivity contribution in [3.05, 3.63) is 76.6 Å². The number of hydrogen-bond donors (Lipinski definition) is 2. The number of pyridine rings is 1. The molecule has 0 bridgehead atoms. The van der Waals surface area contributed by atoms with Crippen LogP contribution in [0.1, 0.15) is 21.6 Å². The van der Waals surface area contributed by atoms with Crippen molar-refractivity contribution in [3.8, 4) is 22.1 Å². The SMILES string of the molecule is COc1ccc(Cl)cc1-c1cc(C)ncc1C(=O)Nc1nnc(OCc2ccc(S(C)(=N)=O)cc2)s1. The van der Waals surface area contributed by atoms with E-state index >= 15 is 0 Å². The third-order valence-corrected chi connectivity index (χ3v) is 7.26. The Morgan fingerprint density at radius 1 is 1.14 bits per heavy atom. The Kier molecular flexibility index (Phi) is 7.53. The van der Waals surface area contributed by atoms with E-state index in [1.54, 1.807) is 55.6 Å². The number of benzene rings is 2. The zero-order chi connectivity index (χ0) is 25.9. The number of ether oxygens (including phenoxy) is 2. The number of rotatable bonds is 8. The Labute approximate surface area is 217 Å². The molecule has 0 fully saturated rings. The molecule has 0 spiro atoms. The van der Waals surface area contributed by atoms with E-state index in [0.717, 1.165) is 22.6 Å². The number of anilines is 1. The van der Waals surface area contributed by atoms with E-state index in [1.165, 1.54) is 12.5 Å². The molecule has 12 heteroatoms. The van der Waals surface area contributed by atoms with Gasteiger partial charge in [-0.15, -0.1) is 5.10 Å². The average molecular weight is 544 g/mol. The van der Waals surface area contributed by atoms with E-state index in [0.29, 0.717) is 32.4 Å². The van der Waals surface area contributed by atoms with Crippen LogP contribution in [0, 0.1) is 11.7 Å². The molecule has 0 aliphatic rings. The third-order valence-electron chi connectivity index (χ3n) is 5.10. The molecular formula is C24H22ClN5O4S2. The first-order valence-corrected chi connectivity index (χ1v) is 13.7. The molecule has 2 aromatic carbocycles. The summed E-state index contributed by atoms with van der Waals surface area (Å²) in [5, 5.41) is 11.7. The number of halogens is 1. The Hall–Kier alpha value is -3.54. The summed E-state index contributed by atoms with van der Waals surface area (Å²) >= 11 is 7.29. The lowest BCUT2D eigenvalue weighted by atomic mass is 9.99. The van der Waals surface area contributed by atoms with Crippen LogP contribution in [-0.2, 0) is 16.3 Å². The highest BCUT2D eigenvalue weighted by Crippen LogP contribution is 2.35. The molecule has 0 aliphatic heterocycles. The van der Waals surface area contributed by atoms with Gasteiger partial charge in [0.15, 0.2) is 0 Å². The molecule has 9 nitrogen and oxygen atoms in total. The first kappa shape index (κ1) is 25.5. The van der Waals surface area contributed by atoms with E-state index in [2.05, 4.69) is 20.5 Å². The molecule has 1 unspecified atom stereocenters. The highest BCUT2D eigenvalue weighted by Gasteiger charge is 2.19. The van der Waals surface area contributed by atoms with E-state index in [4.69, 9.17) is 25.9 Å². The number of hydrogen-bond acceptors (Lipinski definition) is 9. The van der Waals surface area contributed by atoms with Gasteiger partial charge in [-0.2, -0.15) is 0 Å². The van der Waals surface area contributed by atoms with Gasteiger partial charge in [-0.1, -0.05) is 28.8 Å². The lowest BCUT2D eigenvalue weighted by molar-refractivity contribution is 0.102. The number of carbonyl (C=O) groups excluding carboxylic acids is 1. The first-order valence-electron chi connectivity index (χ1n) is 10.5. The topological polar surface area (TPSA) is 127 Å². The fraction of sp³-hybridized carbons (Fsp3) is 0.167. The lowest BCUT2D eigenvalue weighted by Crippen LogP contribution is -2.14. The molecule has 4 aromatic rings. The largest absolute Gasteiger partial charge is 0.496 e. The van der Waals surface area contributed by atoms with Gasteiger partial charge >= 0.3 is 0 Å². The number of nitrogens with one attached hydrogen (secondary N) is 2. The van der Waals surface area contributed by atoms with Gasteiger partial charge in [0.25, 0.3) is 11.1 Å². The first-order chi connectivity index (χ1) is 17.1. The smallest absolute Gasteiger partial charge is 0.296 e. The molecule has 186 valence electrons. The second-order valence-electron chi connectivity index (χ2n) is 7.82. The van der Waals surface area contributed by atoms with Gasteiger partial charge in [-0.25, -0.2) is 8.99 Å². The predicted molar refractivity (Wildman–Crippen MR) is 140 cm³/mol. The zero-order valence-corrected chi connectivity index (χ0v) is 22.0. The van der Waals surface area contributed by atoms with Crippen LogP contribution in [0.25, 0.3) is 11.1 Å². The summed E-state index contributed by atoms with van der Waals surface area (Å²) < 4.78 is 30.6. The fourth-order valence-corrected chi connectivity index (χ4v) is 4.75. The predicted octanol–water partition coefficient (Wildman–Crippen LogP) is 5.44. The van der Waals surface area contributed by atoms with E-state index in [-0.39, 0.29) is 16.9 Å². The van der Waals surface area contributed by atoms with Crippen LogP contribution in [0.4, 0.5) is 5.13 Å². The minimum Gasteiger partial charge on any atom is -0.496 e. The van der Waals surface area contributed by atoms with Crippen LogP contribution < -0.4 is 14.8 Å². The maximum Gasteiger partial charge on any atom is 0.296 e. The van der Waals surface area contributed by atoms with Crippen LogP contribution in [0.3, 0.4) is 0 Å². The van der Waals surface area contributed by atoms with E-state index in [1.807, 2.05) is 6.92 Å². The van der Waals surface area contributed by atoms with Crippen molar-refractivity contribution in [2.24, 2.45) is 0 Å². The minimum atomic E-state index is -2.77. The normalized spacial score (nSPS) is 12.6. The molecule has 2 N–H and O–H groups in total. The van der Waals surface area contributed by atoms with Crippen LogP contribution >= 0.6 is 22.9 Å². The minimum absolute atomic E-state index is 0.201. The van der Waals surface area contributed by atoms with Crippen molar-refractivity contribution >= 4 is 43.7 Å². The van der Waals surface area contributed by atoms with Crippen molar-refractivity contribution < 1.29 is 18.5 Å². The number of aromatic nitrogens is 3. The monoisotopic (exact) mass is 543 g/mol. The number of amides is 1. The maximum absolute atomic E-state index is 13.1. The number of nitrogens with zero attached hydrogens (tertiary/aromatic N) is 3. The summed E-state index contributed by atoms with van der Waals surface area (Å²) in [6.07, 6.45) is 2.87. The Morgan fingerprint density at radius 3 is 2.58 bits per heavy atom. The summed E-state index contributed by atoms with van der Waals surface area (Å²) in [6, 6.07) is 13.7. The van der Waals surface area contributed by atoms with Gasteiger partial charge in [0.05, 0.1) is 22.4 Å². The number of carbonyl (C=O) groups is 1. The summed E-state index contributed by atoms with van der Waals surface area (Å²) in [5.74, 6) is 0.152. The number of aryl methyl sites for hydroxylation is 1. The van der Waals surface area contributed by atoms with Gasteiger partial charge < -0.3 is 9.47 Å². The molecule has 1 atom stereocenters. The molecule has 4 rings (SSSR count). The summed E-state index contributed by atoms with van der Waals surface area (Å²) in [5.41, 5.74) is 3.15. The van der Waals surface area contributed by atoms with Gasteiger partial charge in [0.2, 0.25) is 5.13 Å². The number of methoxy groups -OCH3 is 1. The van der Waals surface area contributed by atoms with Crippen LogP contribution in [0.2, 0.25) is 5.02 Å². The molecule has 0 saturated carbocycles. The Balaban J connectivity index is 1.49. The zero-order valence-electron chi connectivity index (χ0n) is 19.6. The van der Waals surface area contributed by atoms with Crippen LogP contribution in [0.5, 0.6) is 10.9 Å². The van der Waals surface area contributed by atoms with Crippen LogP contribution in [-0.4, -0.2) is 38.7 Å². The van der Waals surface area contributed by atoms with Gasteiger partial charge in [0, 0.05) is 39.2 Å². The van der Waals surface area contributed by atoms with Crippen LogP contribution in [0.15, 0.2) is 59.6 Å². The van der Waals surface area contributed by atoms with Gasteiger partial charge in [-0.05, 0) is 60.2 Å². The van der Waals surface area contributed by atoms with Gasteiger partial charge in [0.1, 0.15) is 12.4 Å². The quantitative estimate of drug-likeness (QED) is 0.303. The fourth-order valence-electron chi connectivity index (χ4n) is 3.33. The van der Waals surface area contributed by atoms with Crippen molar-refractivity contribution in [3.63, 3.8) is 0 Å². The molecule has 0 radical (unpaired) electrons. The highest BCUT2D eigenvalue weighted by atomic mass is 35.5. The lowest BCUT2D eigenvalue weighted by Gasteiger charge is -2.13. The van der Waals surface area contributed by atoms with E-state index < -0.39 is 15.6 Å². The summed E-state index contributed by atoms with van der Waals surface area (Å²) in [7, 11) is -1.22. The average Bonchev–Trinajstić information content (AvgIpc) is 3.29. The standard InChI is InChI=1S/C24H22ClN5O4S2/c1-14-10-18(19-11-16(25)6-9-21(19)33-2)20(12-27-14)22(31)28-23-29-30-24(35-23)34-13-15-4-7-17(8-5-15)36(3,26)32/h4-12,26H,13H2,1-3H3,(H,28,29,31). The molecule has 2 heterocycles. The second-order valence-corrected chi connectivity index (χ2v) is 11.4. The van der Waals surface area contributed by atoms with Crippen molar-refractivity contribution in [2.75, 3.05) is 18.7 Å². The molecule has 1 amide bonds. The van der Waals surface area contributed by atoms with Crippen molar-refractivity contribution in [1.82, 2.24) is 15.2 Å². The molecule has 0 saturated heterocycles. The second kappa shape index (κ2) is 10.6. The third kappa shape index (κ3) is 5.99. The molecule has 36 heavy (non-hydrogen) atoms. The molecule has 0 aliphatic carbocycles. The molecular weight excluding hydrogens is 522 g/mol. The summed E-state index contributed by atoms with van der Waals surface area (Å²) in [6.45, 7) is 2.03. The van der Waals surface area contributed by atoms with Crippen molar-refractivity contribution in [1.29, 1.82) is 4.78 Å². The van der Waals surface area contributed by atoms with E-state index in [9.17, 15) is 9.00 Å².